The minimum absolute atomic E-state index is 0.242. The maximum absolute atomic E-state index is 12.5. The van der Waals surface area contributed by atoms with E-state index in [2.05, 4.69) is 13.8 Å². The molecule has 0 spiro atoms. The van der Waals surface area contributed by atoms with Crippen LogP contribution in [0.1, 0.15) is 59.8 Å². The summed E-state index contributed by atoms with van der Waals surface area (Å²) in [6.07, 6.45) is 4.97. The van der Waals surface area contributed by atoms with Crippen molar-refractivity contribution < 1.29 is 24.5 Å². The normalized spacial score (nSPS) is 44.3. The lowest BCUT2D eigenvalue weighted by atomic mass is 9.86. The Hall–Kier alpha value is -1.17. The number of esters is 1. The number of epoxide rings is 1. The fourth-order valence-corrected chi connectivity index (χ4v) is 3.86. The van der Waals surface area contributed by atoms with Gasteiger partial charge in [0.15, 0.2) is 0 Å². The molecule has 0 radical (unpaired) electrons. The van der Waals surface area contributed by atoms with E-state index in [1.165, 1.54) is 0 Å². The lowest BCUT2D eigenvalue weighted by molar-refractivity contribution is -0.167. The van der Waals surface area contributed by atoms with Gasteiger partial charge in [-0.3, -0.25) is 0 Å². The van der Waals surface area contributed by atoms with Gasteiger partial charge < -0.3 is 19.7 Å². The molecular weight excluding hydrogens is 320 g/mol. The minimum Gasteiger partial charge on any atom is -0.453 e. The number of carbonyl (C=O) groups excluding carboxylic acids is 1. The first-order valence-corrected chi connectivity index (χ1v) is 9.32. The lowest BCUT2D eigenvalue weighted by Crippen LogP contribution is -2.44. The van der Waals surface area contributed by atoms with Crippen LogP contribution in [0.5, 0.6) is 0 Å². The molecule has 5 atom stereocenters. The first-order chi connectivity index (χ1) is 11.7. The minimum atomic E-state index is -0.921. The second-order valence-corrected chi connectivity index (χ2v) is 8.35. The number of ether oxygens (including phenoxy) is 2. The summed E-state index contributed by atoms with van der Waals surface area (Å²) in [5, 5.41) is 21.4. The molecule has 3 rings (SSSR count). The van der Waals surface area contributed by atoms with Crippen LogP contribution in [-0.2, 0) is 14.3 Å². The van der Waals surface area contributed by atoms with Crippen molar-refractivity contribution >= 4 is 5.97 Å². The van der Waals surface area contributed by atoms with Gasteiger partial charge in [0.05, 0.1) is 12.2 Å². The molecule has 140 valence electrons. The van der Waals surface area contributed by atoms with Gasteiger partial charge in [0, 0.05) is 12.0 Å². The summed E-state index contributed by atoms with van der Waals surface area (Å²) >= 11 is 0. The molecule has 5 heteroatoms. The number of aliphatic hydroxyl groups excluding tert-OH is 2. The van der Waals surface area contributed by atoms with Crippen LogP contribution >= 0.6 is 0 Å². The maximum Gasteiger partial charge on any atom is 0.334 e. The number of hydrogen-bond acceptors (Lipinski definition) is 5. The Morgan fingerprint density at radius 3 is 2.64 bits per heavy atom. The van der Waals surface area contributed by atoms with Gasteiger partial charge in [-0.15, -0.1) is 0 Å². The van der Waals surface area contributed by atoms with Crippen LogP contribution in [-0.4, -0.2) is 45.7 Å². The van der Waals surface area contributed by atoms with E-state index in [1.807, 2.05) is 19.1 Å². The zero-order chi connectivity index (χ0) is 18.4. The number of carbonyl (C=O) groups is 1. The van der Waals surface area contributed by atoms with E-state index in [4.69, 9.17) is 9.47 Å². The van der Waals surface area contributed by atoms with Crippen LogP contribution in [0.3, 0.4) is 0 Å². The molecule has 0 saturated carbocycles. The standard InChI is InChI=1S/C20H30O5/c1-12(2)14-8-7-13-6-5-9-19(3,25-18(13)23)15(21)11-17-20(4,24-17)16(22)10-14/h6,10,12,15-17,21-22H,5,7-9,11H2,1-4H3/b14-10+/t15-,16+,17+,19+,20-/m0/s1. The Balaban J connectivity index is 1.94. The third-order valence-electron chi connectivity index (χ3n) is 6.12. The van der Waals surface area contributed by atoms with Crippen molar-refractivity contribution in [2.45, 2.75) is 89.3 Å². The van der Waals surface area contributed by atoms with Crippen molar-refractivity contribution in [3.63, 3.8) is 0 Å². The van der Waals surface area contributed by atoms with Crippen molar-refractivity contribution in [2.75, 3.05) is 0 Å². The fraction of sp³-hybridized carbons (Fsp3) is 0.750. The van der Waals surface area contributed by atoms with E-state index in [1.54, 1.807) is 6.92 Å². The third-order valence-corrected chi connectivity index (χ3v) is 6.12. The van der Waals surface area contributed by atoms with Crippen LogP contribution in [0.15, 0.2) is 23.3 Å². The molecule has 0 unspecified atom stereocenters. The molecule has 1 saturated heterocycles. The van der Waals surface area contributed by atoms with Crippen LogP contribution in [0.25, 0.3) is 0 Å². The average molecular weight is 350 g/mol. The van der Waals surface area contributed by atoms with E-state index < -0.39 is 23.4 Å². The molecule has 1 fully saturated rings. The highest BCUT2D eigenvalue weighted by Crippen LogP contribution is 2.45. The summed E-state index contributed by atoms with van der Waals surface area (Å²) in [5.74, 6) is -0.0553. The van der Waals surface area contributed by atoms with E-state index in [0.717, 1.165) is 5.57 Å². The summed E-state index contributed by atoms with van der Waals surface area (Å²) in [4.78, 5) is 12.5. The summed E-state index contributed by atoms with van der Waals surface area (Å²) in [6.45, 7) is 7.85. The average Bonchev–Trinajstić information content (AvgIpc) is 3.21. The molecule has 0 aromatic rings. The number of allylic oxidation sites excluding steroid dienone is 2. The molecule has 25 heavy (non-hydrogen) atoms. The molecule has 0 amide bonds. The second kappa shape index (κ2) is 6.53. The maximum atomic E-state index is 12.5. The van der Waals surface area contributed by atoms with Crippen molar-refractivity contribution in [1.29, 1.82) is 0 Å². The Kier molecular flexibility index (Phi) is 4.86. The predicted octanol–water partition coefficient (Wildman–Crippen LogP) is 2.65. The predicted molar refractivity (Wildman–Crippen MR) is 93.9 cm³/mol. The van der Waals surface area contributed by atoms with Gasteiger partial charge in [-0.1, -0.05) is 31.6 Å². The molecule has 0 aromatic carbocycles. The zero-order valence-corrected chi connectivity index (χ0v) is 15.6. The molecule has 3 aliphatic heterocycles. The molecule has 2 N–H and O–H groups in total. The Morgan fingerprint density at radius 2 is 1.96 bits per heavy atom. The Labute approximate surface area is 149 Å². The van der Waals surface area contributed by atoms with E-state index in [9.17, 15) is 15.0 Å². The van der Waals surface area contributed by atoms with Crippen molar-refractivity contribution in [3.8, 4) is 0 Å². The second-order valence-electron chi connectivity index (χ2n) is 8.35. The van der Waals surface area contributed by atoms with Crippen molar-refractivity contribution in [2.24, 2.45) is 5.92 Å². The molecule has 0 aromatic heterocycles. The highest BCUT2D eigenvalue weighted by molar-refractivity contribution is 5.89. The largest absolute Gasteiger partial charge is 0.453 e. The molecule has 0 aliphatic carbocycles. The summed E-state index contributed by atoms with van der Waals surface area (Å²) < 4.78 is 11.5. The SMILES string of the molecule is CC(C)/C1=C/[C@@H](O)[C@]2(C)O[C@@H]2C[C@H](O)[C@@]2(C)CCC=C(CC1)C(=O)O2. The van der Waals surface area contributed by atoms with Crippen LogP contribution in [0.2, 0.25) is 0 Å². The summed E-state index contributed by atoms with van der Waals surface area (Å²) in [7, 11) is 0. The fourth-order valence-electron chi connectivity index (χ4n) is 3.86. The number of fused-ring (bicyclic) bond motifs is 4. The lowest BCUT2D eigenvalue weighted by Gasteiger charge is -2.33. The first-order valence-electron chi connectivity index (χ1n) is 9.32. The van der Waals surface area contributed by atoms with Gasteiger partial charge in [0.25, 0.3) is 0 Å². The topological polar surface area (TPSA) is 79.3 Å². The quantitative estimate of drug-likeness (QED) is 0.432. The van der Waals surface area contributed by atoms with Crippen LogP contribution < -0.4 is 0 Å². The van der Waals surface area contributed by atoms with Crippen molar-refractivity contribution in [3.05, 3.63) is 23.3 Å². The third kappa shape index (κ3) is 3.55. The smallest absolute Gasteiger partial charge is 0.334 e. The molecule has 2 bridgehead atoms. The Morgan fingerprint density at radius 1 is 1.24 bits per heavy atom. The van der Waals surface area contributed by atoms with Gasteiger partial charge in [0.1, 0.15) is 17.3 Å². The Bertz CT molecular complexity index is 607. The highest BCUT2D eigenvalue weighted by Gasteiger charge is 2.58. The highest BCUT2D eigenvalue weighted by atomic mass is 16.6. The van der Waals surface area contributed by atoms with Gasteiger partial charge in [-0.2, -0.15) is 0 Å². The summed E-state index contributed by atoms with van der Waals surface area (Å²) in [5.41, 5.74) is 0.186. The van der Waals surface area contributed by atoms with Gasteiger partial charge in [-0.25, -0.2) is 4.79 Å². The molecule has 3 aliphatic rings. The molecule has 5 nitrogen and oxygen atoms in total. The van der Waals surface area contributed by atoms with Gasteiger partial charge >= 0.3 is 5.97 Å². The van der Waals surface area contributed by atoms with Crippen LogP contribution in [0.4, 0.5) is 0 Å². The monoisotopic (exact) mass is 350 g/mol. The molecular formula is C20H30O5. The number of hydrogen-bond donors (Lipinski definition) is 2. The van der Waals surface area contributed by atoms with E-state index >= 15 is 0 Å². The van der Waals surface area contributed by atoms with E-state index in [0.29, 0.717) is 37.7 Å². The van der Waals surface area contributed by atoms with Gasteiger partial charge in [0.2, 0.25) is 0 Å². The van der Waals surface area contributed by atoms with Crippen molar-refractivity contribution in [1.82, 2.24) is 0 Å². The first kappa shape index (κ1) is 18.6. The van der Waals surface area contributed by atoms with Gasteiger partial charge in [-0.05, 0) is 45.4 Å². The molecule has 3 heterocycles. The zero-order valence-electron chi connectivity index (χ0n) is 15.6. The number of rotatable bonds is 1. The van der Waals surface area contributed by atoms with Crippen LogP contribution in [0, 0.1) is 5.92 Å². The number of aliphatic hydroxyl groups is 2. The van der Waals surface area contributed by atoms with E-state index in [-0.39, 0.29) is 18.0 Å². The summed E-state index contributed by atoms with van der Waals surface area (Å²) in [6, 6.07) is 0.